The van der Waals surface area contributed by atoms with Gasteiger partial charge in [0, 0.05) is 23.9 Å². The molecule has 1 amide bonds. The standard InChI is InChI=1S/C23H21N3O5S2/c1-30-17-5-3-4-16(12-17)26-21(28)20-18(10-11-32-20)25-23(26)33-13-19(27)24-15-8-6-14(7-9-15)22(29)31-2/h3-9,12H,10-11,13H2,1-2H3,(H,24,27). The van der Waals surface area contributed by atoms with Gasteiger partial charge in [-0.3, -0.25) is 14.2 Å². The number of fused-ring (bicyclic) bond motifs is 1. The van der Waals surface area contributed by atoms with Crippen molar-refractivity contribution in [1.82, 2.24) is 9.55 Å². The molecule has 0 bridgehead atoms. The van der Waals surface area contributed by atoms with Crippen LogP contribution in [0.5, 0.6) is 5.75 Å². The predicted octanol–water partition coefficient (Wildman–Crippen LogP) is 3.41. The molecule has 0 fully saturated rings. The quantitative estimate of drug-likeness (QED) is 0.310. The number of amides is 1. The number of carbonyl (C=O) groups is 2. The lowest BCUT2D eigenvalue weighted by Crippen LogP contribution is -2.24. The third kappa shape index (κ3) is 5.07. The summed E-state index contributed by atoms with van der Waals surface area (Å²) < 4.78 is 11.5. The zero-order chi connectivity index (χ0) is 23.4. The van der Waals surface area contributed by atoms with E-state index in [0.717, 1.165) is 17.9 Å². The zero-order valence-electron chi connectivity index (χ0n) is 18.0. The lowest BCUT2D eigenvalue weighted by molar-refractivity contribution is -0.113. The van der Waals surface area contributed by atoms with E-state index in [0.29, 0.717) is 32.7 Å². The van der Waals surface area contributed by atoms with Crippen molar-refractivity contribution in [2.45, 2.75) is 16.5 Å². The number of ether oxygens (including phenoxy) is 2. The summed E-state index contributed by atoms with van der Waals surface area (Å²) in [5.74, 6) is 0.788. The van der Waals surface area contributed by atoms with Crippen LogP contribution in [0.4, 0.5) is 5.69 Å². The lowest BCUT2D eigenvalue weighted by Gasteiger charge is -2.14. The Labute approximate surface area is 198 Å². The summed E-state index contributed by atoms with van der Waals surface area (Å²) in [6.45, 7) is 0. The summed E-state index contributed by atoms with van der Waals surface area (Å²) in [4.78, 5) is 42.7. The van der Waals surface area contributed by atoms with Crippen molar-refractivity contribution < 1.29 is 19.1 Å². The van der Waals surface area contributed by atoms with E-state index in [2.05, 4.69) is 10.1 Å². The zero-order valence-corrected chi connectivity index (χ0v) is 19.6. The normalized spacial score (nSPS) is 12.2. The molecular formula is C23H21N3O5S2. The van der Waals surface area contributed by atoms with E-state index >= 15 is 0 Å². The largest absolute Gasteiger partial charge is 0.497 e. The molecule has 1 N–H and O–H groups in total. The minimum atomic E-state index is -0.445. The molecule has 0 unspecified atom stereocenters. The van der Waals surface area contributed by atoms with Gasteiger partial charge in [0.15, 0.2) is 5.16 Å². The van der Waals surface area contributed by atoms with Crippen LogP contribution in [0.25, 0.3) is 5.69 Å². The fourth-order valence-corrected chi connectivity index (χ4v) is 5.15. The van der Waals surface area contributed by atoms with Crippen LogP contribution in [0.3, 0.4) is 0 Å². The number of nitrogens with zero attached hydrogens (tertiary/aromatic N) is 2. The van der Waals surface area contributed by atoms with Gasteiger partial charge in [0.2, 0.25) is 5.91 Å². The number of aryl methyl sites for hydroxylation is 1. The third-order valence-corrected chi connectivity index (χ3v) is 6.95. The highest BCUT2D eigenvalue weighted by Crippen LogP contribution is 2.30. The molecule has 4 rings (SSSR count). The van der Waals surface area contributed by atoms with E-state index in [4.69, 9.17) is 9.72 Å². The number of esters is 1. The van der Waals surface area contributed by atoms with Gasteiger partial charge in [-0.25, -0.2) is 9.78 Å². The number of methoxy groups -OCH3 is 2. The van der Waals surface area contributed by atoms with Crippen LogP contribution < -0.4 is 15.6 Å². The minimum absolute atomic E-state index is 0.0566. The number of benzene rings is 2. The summed E-state index contributed by atoms with van der Waals surface area (Å²) >= 11 is 2.69. The summed E-state index contributed by atoms with van der Waals surface area (Å²) in [5.41, 5.74) is 2.20. The second-order valence-electron chi connectivity index (χ2n) is 7.02. The Morgan fingerprint density at radius 2 is 1.97 bits per heavy atom. The van der Waals surface area contributed by atoms with Gasteiger partial charge in [0.05, 0.1) is 41.8 Å². The second-order valence-corrected chi connectivity index (χ2v) is 9.06. The first kappa shape index (κ1) is 22.9. The van der Waals surface area contributed by atoms with E-state index in [1.807, 2.05) is 6.07 Å². The summed E-state index contributed by atoms with van der Waals surface area (Å²) in [6, 6.07) is 13.6. The molecule has 2 aromatic carbocycles. The molecule has 0 spiro atoms. The smallest absolute Gasteiger partial charge is 0.337 e. The molecule has 0 radical (unpaired) electrons. The SMILES string of the molecule is COC(=O)c1ccc(NC(=O)CSc2nc3c(c(=O)n2-c2cccc(OC)c2)SCC3)cc1. The number of anilines is 1. The van der Waals surface area contributed by atoms with Crippen LogP contribution in [0, 0.1) is 0 Å². The molecule has 0 aliphatic carbocycles. The predicted molar refractivity (Wildman–Crippen MR) is 128 cm³/mol. The van der Waals surface area contributed by atoms with Crippen molar-refractivity contribution in [2.24, 2.45) is 0 Å². The number of hydrogen-bond acceptors (Lipinski definition) is 8. The molecule has 1 aliphatic heterocycles. The molecule has 1 aromatic heterocycles. The highest BCUT2D eigenvalue weighted by molar-refractivity contribution is 8.00. The Morgan fingerprint density at radius 1 is 1.18 bits per heavy atom. The summed E-state index contributed by atoms with van der Waals surface area (Å²) in [6.07, 6.45) is 0.723. The highest BCUT2D eigenvalue weighted by Gasteiger charge is 2.23. The molecule has 0 saturated carbocycles. The van der Waals surface area contributed by atoms with E-state index < -0.39 is 5.97 Å². The molecular weight excluding hydrogens is 462 g/mol. The van der Waals surface area contributed by atoms with Crippen LogP contribution in [0.2, 0.25) is 0 Å². The number of aromatic nitrogens is 2. The third-order valence-electron chi connectivity index (χ3n) is 4.90. The summed E-state index contributed by atoms with van der Waals surface area (Å²) in [7, 11) is 2.88. The van der Waals surface area contributed by atoms with E-state index in [-0.39, 0.29) is 17.2 Å². The van der Waals surface area contributed by atoms with Crippen LogP contribution in [-0.2, 0) is 16.0 Å². The Hall–Kier alpha value is -3.24. The fourth-order valence-electron chi connectivity index (χ4n) is 3.30. The van der Waals surface area contributed by atoms with Crippen molar-refractivity contribution in [3.8, 4) is 11.4 Å². The van der Waals surface area contributed by atoms with Gasteiger partial charge < -0.3 is 14.8 Å². The van der Waals surface area contributed by atoms with Crippen molar-refractivity contribution in [3.05, 3.63) is 70.1 Å². The van der Waals surface area contributed by atoms with Crippen LogP contribution in [0.1, 0.15) is 16.1 Å². The average Bonchev–Trinajstić information content (AvgIpc) is 3.32. The summed E-state index contributed by atoms with van der Waals surface area (Å²) in [5, 5.41) is 3.24. The van der Waals surface area contributed by atoms with Gasteiger partial charge in [-0.2, -0.15) is 0 Å². The maximum absolute atomic E-state index is 13.2. The Morgan fingerprint density at radius 3 is 2.70 bits per heavy atom. The van der Waals surface area contributed by atoms with E-state index in [9.17, 15) is 14.4 Å². The minimum Gasteiger partial charge on any atom is -0.497 e. The van der Waals surface area contributed by atoms with Crippen molar-refractivity contribution in [3.63, 3.8) is 0 Å². The van der Waals surface area contributed by atoms with Gasteiger partial charge in [-0.05, 0) is 36.4 Å². The first-order chi connectivity index (χ1) is 16.0. The number of nitrogens with one attached hydrogen (secondary N) is 1. The molecule has 170 valence electrons. The van der Waals surface area contributed by atoms with Crippen molar-refractivity contribution >= 4 is 41.1 Å². The fraction of sp³-hybridized carbons (Fsp3) is 0.217. The molecule has 1 aliphatic rings. The van der Waals surface area contributed by atoms with Crippen LogP contribution in [-0.4, -0.2) is 47.2 Å². The Kier molecular flexibility index (Phi) is 7.05. The maximum atomic E-state index is 13.2. The first-order valence-electron chi connectivity index (χ1n) is 10.0. The monoisotopic (exact) mass is 483 g/mol. The van der Waals surface area contributed by atoms with Gasteiger partial charge in [0.1, 0.15) is 5.75 Å². The maximum Gasteiger partial charge on any atom is 0.337 e. The number of hydrogen-bond donors (Lipinski definition) is 1. The van der Waals surface area contributed by atoms with E-state index in [1.165, 1.54) is 35.2 Å². The first-order valence-corrected chi connectivity index (χ1v) is 12.0. The molecule has 0 saturated heterocycles. The van der Waals surface area contributed by atoms with Gasteiger partial charge in [-0.1, -0.05) is 17.8 Å². The average molecular weight is 484 g/mol. The van der Waals surface area contributed by atoms with Gasteiger partial charge >= 0.3 is 5.97 Å². The van der Waals surface area contributed by atoms with Crippen molar-refractivity contribution in [1.29, 1.82) is 0 Å². The molecule has 2 heterocycles. The number of rotatable bonds is 7. The second kappa shape index (κ2) is 10.1. The highest BCUT2D eigenvalue weighted by atomic mass is 32.2. The van der Waals surface area contributed by atoms with Gasteiger partial charge in [-0.15, -0.1) is 11.8 Å². The number of thioether (sulfide) groups is 2. The van der Waals surface area contributed by atoms with Crippen LogP contribution >= 0.6 is 23.5 Å². The Balaban J connectivity index is 1.55. The number of carbonyl (C=O) groups excluding carboxylic acids is 2. The van der Waals surface area contributed by atoms with Gasteiger partial charge in [0.25, 0.3) is 5.56 Å². The molecule has 0 atom stereocenters. The molecule has 8 nitrogen and oxygen atoms in total. The molecule has 3 aromatic rings. The lowest BCUT2D eigenvalue weighted by atomic mass is 10.2. The topological polar surface area (TPSA) is 99.5 Å². The van der Waals surface area contributed by atoms with Crippen molar-refractivity contribution in [2.75, 3.05) is 31.0 Å². The molecule has 10 heteroatoms. The Bertz CT molecular complexity index is 1260. The molecule has 33 heavy (non-hydrogen) atoms. The van der Waals surface area contributed by atoms with Crippen LogP contribution in [0.15, 0.2) is 63.4 Å². The van der Waals surface area contributed by atoms with E-state index in [1.54, 1.807) is 49.6 Å².